The minimum Gasteiger partial charge on any atom is -0.191 e. The van der Waals surface area contributed by atoms with Crippen LogP contribution in [0.5, 0.6) is 0 Å². The van der Waals surface area contributed by atoms with Gasteiger partial charge in [-0.3, -0.25) is 0 Å². The molecule has 0 radical (unpaired) electrons. The zero-order valence-electron chi connectivity index (χ0n) is 7.28. The van der Waals surface area contributed by atoms with Gasteiger partial charge < -0.3 is 0 Å². The van der Waals surface area contributed by atoms with Gasteiger partial charge in [-0.15, -0.1) is 0 Å². The molecule has 0 atom stereocenters. The third kappa shape index (κ3) is 2.30. The molecule has 84 valence electrons. The molecule has 1 aromatic rings. The van der Waals surface area contributed by atoms with E-state index in [2.05, 4.69) is 15.9 Å². The monoisotopic (exact) mass is 288 g/mol. The first kappa shape index (κ1) is 12.4. The number of alkyl halides is 6. The molecule has 1 aromatic carbocycles. The predicted molar refractivity (Wildman–Crippen MR) is 49.0 cm³/mol. The maximum atomic E-state index is 13.0. The van der Waals surface area contributed by atoms with Crippen LogP contribution in [-0.4, -0.2) is 6.18 Å². The summed E-state index contributed by atoms with van der Waals surface area (Å²) < 4.78 is 62.1. The summed E-state index contributed by atoms with van der Waals surface area (Å²) in [6.45, 7) is 0. The highest BCUT2D eigenvalue weighted by Gasteiger charge is 2.59. The molecule has 0 nitrogen and oxygen atoms in total. The minimum atomic E-state index is -5.56. The van der Waals surface area contributed by atoms with Crippen LogP contribution in [0.4, 0.5) is 22.0 Å². The Kier molecular flexibility index (Phi) is 3.38. The first-order valence-corrected chi connectivity index (χ1v) is 5.01. The Morgan fingerprint density at radius 1 is 1.00 bits per heavy atom. The lowest BCUT2D eigenvalue weighted by molar-refractivity contribution is -0.289. The van der Waals surface area contributed by atoms with E-state index in [4.69, 9.17) is 0 Å². The number of halogens is 6. The molecule has 0 saturated carbocycles. The van der Waals surface area contributed by atoms with Crippen molar-refractivity contribution in [3.8, 4) is 0 Å². The second kappa shape index (κ2) is 4.08. The zero-order valence-corrected chi connectivity index (χ0v) is 8.87. The van der Waals surface area contributed by atoms with Crippen molar-refractivity contribution in [3.63, 3.8) is 0 Å². The van der Waals surface area contributed by atoms with E-state index in [9.17, 15) is 22.0 Å². The summed E-state index contributed by atoms with van der Waals surface area (Å²) >= 11 is 2.87. The Bertz CT molecular complexity index is 345. The van der Waals surface area contributed by atoms with Gasteiger partial charge >= 0.3 is 12.1 Å². The van der Waals surface area contributed by atoms with Gasteiger partial charge in [-0.25, -0.2) is 0 Å². The summed E-state index contributed by atoms with van der Waals surface area (Å²) in [6.07, 6.45) is -5.56. The van der Waals surface area contributed by atoms with Crippen molar-refractivity contribution in [2.75, 3.05) is 0 Å². The van der Waals surface area contributed by atoms with Crippen molar-refractivity contribution in [2.45, 2.75) is 17.4 Å². The molecule has 1 rings (SSSR count). The van der Waals surface area contributed by atoms with Crippen molar-refractivity contribution in [1.82, 2.24) is 0 Å². The van der Waals surface area contributed by atoms with Crippen molar-refractivity contribution < 1.29 is 22.0 Å². The second-order valence-electron chi connectivity index (χ2n) is 2.86. The summed E-state index contributed by atoms with van der Waals surface area (Å²) in [5.74, 6) is -4.81. The molecular formula is C9H6BrF5. The van der Waals surface area contributed by atoms with Gasteiger partial charge in [-0.05, 0) is 5.56 Å². The van der Waals surface area contributed by atoms with Crippen LogP contribution >= 0.6 is 15.9 Å². The van der Waals surface area contributed by atoms with Crippen molar-refractivity contribution >= 4 is 15.9 Å². The van der Waals surface area contributed by atoms with Crippen LogP contribution in [0.3, 0.4) is 0 Å². The fourth-order valence-electron chi connectivity index (χ4n) is 1.10. The Hall–Kier alpha value is -0.650. The molecular weight excluding hydrogens is 283 g/mol. The number of benzene rings is 1. The molecule has 0 amide bonds. The van der Waals surface area contributed by atoms with Gasteiger partial charge in [-0.2, -0.15) is 22.0 Å². The van der Waals surface area contributed by atoms with Crippen LogP contribution in [-0.2, 0) is 11.3 Å². The van der Waals surface area contributed by atoms with E-state index in [-0.39, 0.29) is 10.9 Å². The average Bonchev–Trinajstić information content (AvgIpc) is 2.16. The molecule has 0 heterocycles. The van der Waals surface area contributed by atoms with Crippen LogP contribution in [0.15, 0.2) is 24.3 Å². The standard InChI is InChI=1S/C9H6BrF5/c10-5-6-3-1-2-4-7(6)8(11,12)9(13,14)15/h1-4H,5H2. The summed E-state index contributed by atoms with van der Waals surface area (Å²) in [5, 5.41) is -0.0468. The van der Waals surface area contributed by atoms with E-state index < -0.39 is 17.7 Å². The van der Waals surface area contributed by atoms with E-state index in [1.807, 2.05) is 0 Å². The van der Waals surface area contributed by atoms with Crippen LogP contribution < -0.4 is 0 Å². The van der Waals surface area contributed by atoms with E-state index in [1.165, 1.54) is 12.1 Å². The van der Waals surface area contributed by atoms with Gasteiger partial charge in [0.25, 0.3) is 0 Å². The number of hydrogen-bond acceptors (Lipinski definition) is 0. The van der Waals surface area contributed by atoms with Crippen LogP contribution in [0, 0.1) is 0 Å². The summed E-state index contributed by atoms with van der Waals surface area (Å²) in [7, 11) is 0. The van der Waals surface area contributed by atoms with Gasteiger partial charge in [0.1, 0.15) is 0 Å². The molecule has 0 aliphatic rings. The molecule has 15 heavy (non-hydrogen) atoms. The highest BCUT2D eigenvalue weighted by molar-refractivity contribution is 9.08. The van der Waals surface area contributed by atoms with E-state index in [0.29, 0.717) is 0 Å². The first-order valence-electron chi connectivity index (χ1n) is 3.89. The lowest BCUT2D eigenvalue weighted by Gasteiger charge is -2.21. The summed E-state index contributed by atoms with van der Waals surface area (Å²) in [6, 6.07) is 4.57. The van der Waals surface area contributed by atoms with Gasteiger partial charge in [0.15, 0.2) is 0 Å². The maximum Gasteiger partial charge on any atom is 0.458 e. The molecule has 0 aromatic heterocycles. The maximum absolute atomic E-state index is 13.0. The fourth-order valence-corrected chi connectivity index (χ4v) is 1.58. The van der Waals surface area contributed by atoms with E-state index in [1.54, 1.807) is 0 Å². The molecule has 0 bridgehead atoms. The third-order valence-electron chi connectivity index (χ3n) is 1.86. The van der Waals surface area contributed by atoms with Gasteiger partial charge in [0.2, 0.25) is 0 Å². The average molecular weight is 289 g/mol. The molecule has 0 aliphatic heterocycles. The summed E-state index contributed by atoms with van der Waals surface area (Å²) in [4.78, 5) is 0. The van der Waals surface area contributed by atoms with Crippen LogP contribution in [0.1, 0.15) is 11.1 Å². The molecule has 0 saturated heterocycles. The Morgan fingerprint density at radius 2 is 1.53 bits per heavy atom. The van der Waals surface area contributed by atoms with Crippen molar-refractivity contribution in [3.05, 3.63) is 35.4 Å². The molecule has 0 spiro atoms. The SMILES string of the molecule is FC(F)(F)C(F)(F)c1ccccc1CBr. The Labute approximate surface area is 91.2 Å². The smallest absolute Gasteiger partial charge is 0.191 e. The number of rotatable bonds is 2. The second-order valence-corrected chi connectivity index (χ2v) is 3.42. The predicted octanol–water partition coefficient (Wildman–Crippen LogP) is 4.24. The highest BCUT2D eigenvalue weighted by Crippen LogP contribution is 2.45. The lowest BCUT2D eigenvalue weighted by Crippen LogP contribution is -2.34. The normalized spacial score (nSPS) is 12.9. The fraction of sp³-hybridized carbons (Fsp3) is 0.333. The van der Waals surface area contributed by atoms with Crippen molar-refractivity contribution in [1.29, 1.82) is 0 Å². The Morgan fingerprint density at radius 3 is 2.00 bits per heavy atom. The van der Waals surface area contributed by atoms with E-state index >= 15 is 0 Å². The Balaban J connectivity index is 3.26. The first-order chi connectivity index (χ1) is 6.80. The molecule has 0 fully saturated rings. The van der Waals surface area contributed by atoms with Gasteiger partial charge in [0.05, 0.1) is 0 Å². The van der Waals surface area contributed by atoms with E-state index in [0.717, 1.165) is 12.1 Å². The topological polar surface area (TPSA) is 0 Å². The molecule has 0 unspecified atom stereocenters. The molecule has 0 N–H and O–H groups in total. The van der Waals surface area contributed by atoms with Gasteiger partial charge in [-0.1, -0.05) is 40.2 Å². The highest BCUT2D eigenvalue weighted by atomic mass is 79.9. The lowest BCUT2D eigenvalue weighted by atomic mass is 10.0. The third-order valence-corrected chi connectivity index (χ3v) is 2.46. The number of hydrogen-bond donors (Lipinski definition) is 0. The largest absolute Gasteiger partial charge is 0.458 e. The summed E-state index contributed by atoms with van der Waals surface area (Å²) in [5.41, 5.74) is -1.07. The minimum absolute atomic E-state index is 0.0468. The van der Waals surface area contributed by atoms with Crippen molar-refractivity contribution in [2.24, 2.45) is 0 Å². The van der Waals surface area contributed by atoms with Crippen LogP contribution in [0.25, 0.3) is 0 Å². The zero-order chi connectivity index (χ0) is 11.7. The van der Waals surface area contributed by atoms with Crippen LogP contribution in [0.2, 0.25) is 0 Å². The molecule has 0 aliphatic carbocycles. The quantitative estimate of drug-likeness (QED) is 0.564. The molecule has 6 heteroatoms. The van der Waals surface area contributed by atoms with Gasteiger partial charge in [0, 0.05) is 10.9 Å².